The molecule has 0 aliphatic heterocycles. The van der Waals surface area contributed by atoms with E-state index in [4.69, 9.17) is 5.11 Å². The molecular formula is C21H40O2. The van der Waals surface area contributed by atoms with Crippen molar-refractivity contribution in [2.24, 2.45) is 34.5 Å². The molecule has 4 aliphatic carbocycles. The van der Waals surface area contributed by atoms with Crippen LogP contribution in [0.5, 0.6) is 0 Å². The summed E-state index contributed by atoms with van der Waals surface area (Å²) in [6.45, 7) is 7.12. The van der Waals surface area contributed by atoms with Crippen molar-refractivity contribution in [3.8, 4) is 0 Å². The lowest BCUT2D eigenvalue weighted by atomic mass is 9.45. The van der Waals surface area contributed by atoms with E-state index in [0.717, 1.165) is 36.5 Å². The van der Waals surface area contributed by atoms with Crippen molar-refractivity contribution >= 4 is 0 Å². The Morgan fingerprint density at radius 3 is 2.43 bits per heavy atom. The molecule has 4 saturated carbocycles. The zero-order valence-corrected chi connectivity index (χ0v) is 15.6. The molecule has 0 saturated heterocycles. The molecule has 7 atom stereocenters. The van der Waals surface area contributed by atoms with Crippen LogP contribution in [0.1, 0.15) is 86.4 Å². The second-order valence-corrected chi connectivity index (χ2v) is 9.49. The van der Waals surface area contributed by atoms with Gasteiger partial charge in [-0.3, -0.25) is 0 Å². The van der Waals surface area contributed by atoms with Crippen molar-refractivity contribution in [3.63, 3.8) is 0 Å². The molecule has 0 aromatic heterocycles. The van der Waals surface area contributed by atoms with E-state index in [9.17, 15) is 5.11 Å². The normalized spacial score (nSPS) is 51.8. The van der Waals surface area contributed by atoms with Gasteiger partial charge in [-0.1, -0.05) is 20.3 Å². The maximum absolute atomic E-state index is 10.0. The van der Waals surface area contributed by atoms with Crippen molar-refractivity contribution in [1.82, 2.24) is 0 Å². The van der Waals surface area contributed by atoms with E-state index in [1.54, 1.807) is 6.92 Å². The monoisotopic (exact) mass is 324 g/mol. The standard InChI is InChI=1S/C19H32O.C2H6O.H2/c1-18-9-3-4-16(18)15-6-5-13-12-14(20)7-11-19(13,2)17(15)8-10-18;1-2-3;/h13-17,20H,3-12H2,1-2H3;3H,2H2,1H3;1H/t13?,14-,15?,16?,17?,18-,19-;;/m0../s1. The fourth-order valence-electron chi connectivity index (χ4n) is 7.23. The van der Waals surface area contributed by atoms with E-state index >= 15 is 0 Å². The van der Waals surface area contributed by atoms with Crippen molar-refractivity contribution in [2.75, 3.05) is 6.61 Å². The van der Waals surface area contributed by atoms with Gasteiger partial charge in [0.05, 0.1) is 6.10 Å². The first-order chi connectivity index (χ1) is 10.9. The average molecular weight is 325 g/mol. The van der Waals surface area contributed by atoms with Gasteiger partial charge in [0.15, 0.2) is 0 Å². The van der Waals surface area contributed by atoms with Gasteiger partial charge < -0.3 is 10.2 Å². The second-order valence-electron chi connectivity index (χ2n) is 9.49. The minimum Gasteiger partial charge on any atom is -0.397 e. The third kappa shape index (κ3) is 2.99. The number of hydrogen-bond donors (Lipinski definition) is 2. The highest BCUT2D eigenvalue weighted by Crippen LogP contribution is 2.66. The first-order valence-electron chi connectivity index (χ1n) is 10.2. The number of rotatable bonds is 0. The molecule has 0 amide bonds. The summed E-state index contributed by atoms with van der Waals surface area (Å²) in [5.74, 6) is 3.85. The van der Waals surface area contributed by atoms with Crippen LogP contribution in [-0.2, 0) is 0 Å². The Balaban J connectivity index is 0.000000487. The third-order valence-electron chi connectivity index (χ3n) is 8.42. The Morgan fingerprint density at radius 1 is 0.957 bits per heavy atom. The topological polar surface area (TPSA) is 40.5 Å². The molecule has 4 rings (SSSR count). The zero-order chi connectivity index (χ0) is 16.7. The van der Waals surface area contributed by atoms with Gasteiger partial charge in [0.25, 0.3) is 0 Å². The van der Waals surface area contributed by atoms with Crippen LogP contribution in [0.4, 0.5) is 0 Å². The average Bonchev–Trinajstić information content (AvgIpc) is 2.90. The van der Waals surface area contributed by atoms with E-state index < -0.39 is 0 Å². The number of hydrogen-bond acceptors (Lipinski definition) is 2. The van der Waals surface area contributed by atoms with Crippen LogP contribution in [0, 0.1) is 34.5 Å². The highest BCUT2D eigenvalue weighted by Gasteiger charge is 2.57. The smallest absolute Gasteiger partial charge is 0.0543 e. The van der Waals surface area contributed by atoms with Crippen LogP contribution in [0.2, 0.25) is 0 Å². The van der Waals surface area contributed by atoms with E-state index in [0.29, 0.717) is 10.8 Å². The number of aliphatic hydroxyl groups excluding tert-OH is 2. The summed E-state index contributed by atoms with van der Waals surface area (Å²) in [5, 5.41) is 17.6. The van der Waals surface area contributed by atoms with Crippen molar-refractivity contribution in [1.29, 1.82) is 0 Å². The first kappa shape index (κ1) is 17.7. The molecule has 4 fully saturated rings. The lowest BCUT2D eigenvalue weighted by Crippen LogP contribution is -2.53. The van der Waals surface area contributed by atoms with Gasteiger partial charge in [-0.05, 0) is 99.2 Å². The van der Waals surface area contributed by atoms with Gasteiger partial charge in [-0.15, -0.1) is 0 Å². The molecule has 4 aliphatic rings. The van der Waals surface area contributed by atoms with Gasteiger partial charge in [0.2, 0.25) is 0 Å². The molecular weight excluding hydrogens is 284 g/mol. The maximum atomic E-state index is 10.0. The van der Waals surface area contributed by atoms with Crippen molar-refractivity contribution in [2.45, 2.75) is 91.1 Å². The summed E-state index contributed by atoms with van der Waals surface area (Å²) in [6.07, 6.45) is 13.8. The predicted molar refractivity (Wildman–Crippen MR) is 97.2 cm³/mol. The molecule has 0 aromatic carbocycles. The van der Waals surface area contributed by atoms with Gasteiger partial charge >= 0.3 is 0 Å². The largest absolute Gasteiger partial charge is 0.397 e. The quantitative estimate of drug-likeness (QED) is 0.656. The van der Waals surface area contributed by atoms with E-state index in [-0.39, 0.29) is 14.1 Å². The highest BCUT2D eigenvalue weighted by molar-refractivity contribution is 5.07. The Hall–Kier alpha value is -0.0800. The molecule has 0 radical (unpaired) electrons. The Morgan fingerprint density at radius 2 is 1.70 bits per heavy atom. The molecule has 136 valence electrons. The molecule has 23 heavy (non-hydrogen) atoms. The predicted octanol–water partition coefficient (Wildman–Crippen LogP) is 5.02. The van der Waals surface area contributed by atoms with Crippen LogP contribution in [0.15, 0.2) is 0 Å². The molecule has 2 heteroatoms. The van der Waals surface area contributed by atoms with Gasteiger partial charge in [0, 0.05) is 8.03 Å². The maximum Gasteiger partial charge on any atom is 0.0543 e. The molecule has 2 nitrogen and oxygen atoms in total. The summed E-state index contributed by atoms with van der Waals surface area (Å²) >= 11 is 0. The molecule has 0 heterocycles. The van der Waals surface area contributed by atoms with Crippen LogP contribution in [0.25, 0.3) is 0 Å². The Kier molecular flexibility index (Phi) is 5.14. The first-order valence-corrected chi connectivity index (χ1v) is 10.2. The lowest BCUT2D eigenvalue weighted by molar-refractivity contribution is -0.120. The second kappa shape index (κ2) is 6.67. The fourth-order valence-corrected chi connectivity index (χ4v) is 7.23. The van der Waals surface area contributed by atoms with Gasteiger partial charge in [0.1, 0.15) is 0 Å². The van der Waals surface area contributed by atoms with Crippen LogP contribution in [0.3, 0.4) is 0 Å². The fraction of sp³-hybridized carbons (Fsp3) is 1.00. The molecule has 0 spiro atoms. The van der Waals surface area contributed by atoms with Crippen LogP contribution in [-0.4, -0.2) is 22.9 Å². The number of fused-ring (bicyclic) bond motifs is 5. The van der Waals surface area contributed by atoms with Crippen molar-refractivity contribution < 1.29 is 11.6 Å². The summed E-state index contributed by atoms with van der Waals surface area (Å²) in [4.78, 5) is 0. The van der Waals surface area contributed by atoms with E-state index in [2.05, 4.69) is 13.8 Å². The Bertz CT molecular complexity index is 415. The van der Waals surface area contributed by atoms with E-state index in [1.165, 1.54) is 51.4 Å². The SMILES string of the molecule is CCO.C[C@@]12CCCC1C1CCC3C[C@@H](O)CC[C@]3(C)C1CC2.[HH]. The lowest BCUT2D eigenvalue weighted by Gasteiger charge is -2.60. The minimum absolute atomic E-state index is 0. The third-order valence-corrected chi connectivity index (χ3v) is 8.42. The summed E-state index contributed by atoms with van der Waals surface area (Å²) in [5.41, 5.74) is 1.25. The summed E-state index contributed by atoms with van der Waals surface area (Å²) < 4.78 is 0. The molecule has 0 bridgehead atoms. The minimum atomic E-state index is 0. The number of aliphatic hydroxyl groups is 2. The van der Waals surface area contributed by atoms with Crippen LogP contribution < -0.4 is 0 Å². The van der Waals surface area contributed by atoms with Crippen molar-refractivity contribution in [3.05, 3.63) is 0 Å². The highest BCUT2D eigenvalue weighted by atomic mass is 16.3. The Labute approximate surface area is 144 Å². The summed E-state index contributed by atoms with van der Waals surface area (Å²) in [6, 6.07) is 0. The zero-order valence-electron chi connectivity index (χ0n) is 15.6. The molecule has 0 aromatic rings. The van der Waals surface area contributed by atoms with Gasteiger partial charge in [-0.2, -0.15) is 0 Å². The van der Waals surface area contributed by atoms with Gasteiger partial charge in [-0.25, -0.2) is 0 Å². The van der Waals surface area contributed by atoms with E-state index in [1.807, 2.05) is 0 Å². The van der Waals surface area contributed by atoms with Crippen LogP contribution >= 0.6 is 0 Å². The molecule has 2 N–H and O–H groups in total. The summed E-state index contributed by atoms with van der Waals surface area (Å²) in [7, 11) is 0. The molecule has 4 unspecified atom stereocenters.